The van der Waals surface area contributed by atoms with E-state index in [0.717, 1.165) is 21.5 Å². The molecule has 0 heterocycles. The number of hydrogen-bond donors (Lipinski definition) is 1. The second-order valence-corrected chi connectivity index (χ2v) is 4.23. The van der Waals surface area contributed by atoms with Gasteiger partial charge in [-0.15, -0.1) is 0 Å². The molecule has 2 nitrogen and oxygen atoms in total. The second-order valence-electron chi connectivity index (χ2n) is 3.37. The van der Waals surface area contributed by atoms with Crippen LogP contribution in [-0.4, -0.2) is 0 Å². The Kier molecular flexibility index (Phi) is 3.59. The quantitative estimate of drug-likeness (QED) is 0.929. The van der Waals surface area contributed by atoms with Gasteiger partial charge in [-0.1, -0.05) is 40.2 Å². The average Bonchev–Trinajstić information content (AvgIpc) is 2.31. The van der Waals surface area contributed by atoms with E-state index in [2.05, 4.69) is 15.9 Å². The fraction of sp³-hybridized carbons (Fsp3) is 0.0769. The molecule has 82 valence electrons. The number of rotatable bonds is 3. The first-order chi connectivity index (χ1) is 7.79. The molecule has 16 heavy (non-hydrogen) atoms. The van der Waals surface area contributed by atoms with Gasteiger partial charge < -0.3 is 10.5 Å². The van der Waals surface area contributed by atoms with Crippen molar-refractivity contribution >= 4 is 15.9 Å². The van der Waals surface area contributed by atoms with Crippen LogP contribution in [0.3, 0.4) is 0 Å². The third-order valence-electron chi connectivity index (χ3n) is 2.22. The fourth-order valence-corrected chi connectivity index (χ4v) is 1.90. The highest BCUT2D eigenvalue weighted by atomic mass is 79.9. The first-order valence-electron chi connectivity index (χ1n) is 5.01. The number of benzene rings is 2. The zero-order chi connectivity index (χ0) is 11.4. The summed E-state index contributed by atoms with van der Waals surface area (Å²) in [5.41, 5.74) is 6.65. The molecule has 0 atom stereocenters. The summed E-state index contributed by atoms with van der Waals surface area (Å²) in [6, 6.07) is 15.5. The van der Waals surface area contributed by atoms with Crippen LogP contribution in [0.5, 0.6) is 11.5 Å². The zero-order valence-electron chi connectivity index (χ0n) is 8.69. The summed E-state index contributed by atoms with van der Waals surface area (Å²) in [7, 11) is 0. The summed E-state index contributed by atoms with van der Waals surface area (Å²) in [6.45, 7) is 0.520. The number of halogens is 1. The molecule has 0 fully saturated rings. The van der Waals surface area contributed by atoms with Gasteiger partial charge >= 0.3 is 0 Å². The lowest BCUT2D eigenvalue weighted by atomic mass is 10.2. The normalized spacial score (nSPS) is 10.1. The van der Waals surface area contributed by atoms with Crippen molar-refractivity contribution in [2.24, 2.45) is 5.73 Å². The molecule has 0 unspecified atom stereocenters. The van der Waals surface area contributed by atoms with Gasteiger partial charge in [0.05, 0.1) is 0 Å². The molecule has 0 aliphatic heterocycles. The van der Waals surface area contributed by atoms with Crippen LogP contribution < -0.4 is 10.5 Å². The Morgan fingerprint density at radius 3 is 2.38 bits per heavy atom. The van der Waals surface area contributed by atoms with Crippen molar-refractivity contribution in [2.75, 3.05) is 0 Å². The molecule has 2 aromatic carbocycles. The lowest BCUT2D eigenvalue weighted by Gasteiger charge is -2.07. The second kappa shape index (κ2) is 5.14. The molecule has 0 aliphatic carbocycles. The Morgan fingerprint density at radius 1 is 1.00 bits per heavy atom. The van der Waals surface area contributed by atoms with Gasteiger partial charge in [-0.05, 0) is 29.8 Å². The van der Waals surface area contributed by atoms with Crippen molar-refractivity contribution < 1.29 is 4.74 Å². The highest BCUT2D eigenvalue weighted by Crippen LogP contribution is 2.26. The molecule has 0 saturated heterocycles. The van der Waals surface area contributed by atoms with Crippen LogP contribution in [0, 0.1) is 0 Å². The minimum atomic E-state index is 0.520. The van der Waals surface area contributed by atoms with Gasteiger partial charge in [0.15, 0.2) is 0 Å². The maximum absolute atomic E-state index is 5.69. The summed E-state index contributed by atoms with van der Waals surface area (Å²) in [5.74, 6) is 1.63. The molecule has 0 spiro atoms. The molecule has 0 aliphatic rings. The van der Waals surface area contributed by atoms with Gasteiger partial charge in [-0.2, -0.15) is 0 Å². The largest absolute Gasteiger partial charge is 0.457 e. The van der Waals surface area contributed by atoms with E-state index in [4.69, 9.17) is 10.5 Å². The van der Waals surface area contributed by atoms with Crippen LogP contribution in [0.15, 0.2) is 53.0 Å². The van der Waals surface area contributed by atoms with Crippen molar-refractivity contribution in [2.45, 2.75) is 6.54 Å². The first-order valence-corrected chi connectivity index (χ1v) is 5.80. The monoisotopic (exact) mass is 277 g/mol. The van der Waals surface area contributed by atoms with Crippen molar-refractivity contribution in [3.8, 4) is 11.5 Å². The van der Waals surface area contributed by atoms with Crippen molar-refractivity contribution in [3.63, 3.8) is 0 Å². The maximum Gasteiger partial charge on any atom is 0.128 e. The highest BCUT2D eigenvalue weighted by molar-refractivity contribution is 9.10. The number of para-hydroxylation sites is 1. The minimum Gasteiger partial charge on any atom is -0.457 e. The number of nitrogens with two attached hydrogens (primary N) is 1. The van der Waals surface area contributed by atoms with E-state index in [0.29, 0.717) is 6.54 Å². The molecule has 0 saturated carbocycles. The molecule has 0 radical (unpaired) electrons. The molecule has 2 rings (SSSR count). The molecule has 0 bridgehead atoms. The Bertz CT molecular complexity index is 471. The summed E-state index contributed by atoms with van der Waals surface area (Å²) >= 11 is 3.46. The van der Waals surface area contributed by atoms with Gasteiger partial charge in [0.2, 0.25) is 0 Å². The van der Waals surface area contributed by atoms with E-state index >= 15 is 0 Å². The van der Waals surface area contributed by atoms with Crippen LogP contribution in [0.1, 0.15) is 5.56 Å². The smallest absolute Gasteiger partial charge is 0.128 e. The summed E-state index contributed by atoms with van der Waals surface area (Å²) in [4.78, 5) is 0. The predicted octanol–water partition coefficient (Wildman–Crippen LogP) is 3.70. The van der Waals surface area contributed by atoms with Crippen LogP contribution >= 0.6 is 15.9 Å². The summed E-state index contributed by atoms with van der Waals surface area (Å²) in [5, 5.41) is 0. The SMILES string of the molecule is NCc1ccc(Oc2ccccc2)cc1Br. The summed E-state index contributed by atoms with van der Waals surface area (Å²) in [6.07, 6.45) is 0. The van der Waals surface area contributed by atoms with Crippen LogP contribution in [0.4, 0.5) is 0 Å². The molecule has 2 N–H and O–H groups in total. The summed E-state index contributed by atoms with van der Waals surface area (Å²) < 4.78 is 6.66. The molecule has 2 aromatic rings. The zero-order valence-corrected chi connectivity index (χ0v) is 10.3. The van der Waals surface area contributed by atoms with Crippen LogP contribution in [0.25, 0.3) is 0 Å². The third kappa shape index (κ3) is 2.62. The highest BCUT2D eigenvalue weighted by Gasteiger charge is 2.01. The van der Waals surface area contributed by atoms with Crippen LogP contribution in [0.2, 0.25) is 0 Å². The van der Waals surface area contributed by atoms with Crippen LogP contribution in [-0.2, 0) is 6.54 Å². The molecule has 0 aromatic heterocycles. The minimum absolute atomic E-state index is 0.520. The van der Waals surface area contributed by atoms with Crippen molar-refractivity contribution in [1.82, 2.24) is 0 Å². The van der Waals surface area contributed by atoms with E-state index in [1.54, 1.807) is 0 Å². The van der Waals surface area contributed by atoms with E-state index in [9.17, 15) is 0 Å². The predicted molar refractivity (Wildman–Crippen MR) is 68.5 cm³/mol. The Hall–Kier alpha value is -1.32. The Labute approximate surface area is 103 Å². The lowest BCUT2D eigenvalue weighted by Crippen LogP contribution is -1.97. The van der Waals surface area contributed by atoms with Crippen molar-refractivity contribution in [1.29, 1.82) is 0 Å². The van der Waals surface area contributed by atoms with Crippen molar-refractivity contribution in [3.05, 3.63) is 58.6 Å². The topological polar surface area (TPSA) is 35.2 Å². The van der Waals surface area contributed by atoms with Gasteiger partial charge in [0.1, 0.15) is 11.5 Å². The van der Waals surface area contributed by atoms with E-state index in [-0.39, 0.29) is 0 Å². The fourth-order valence-electron chi connectivity index (χ4n) is 1.38. The average molecular weight is 278 g/mol. The first kappa shape index (κ1) is 11.2. The van der Waals surface area contributed by atoms with E-state index < -0.39 is 0 Å². The molecular weight excluding hydrogens is 266 g/mol. The standard InChI is InChI=1S/C13H12BrNO/c14-13-8-12(7-6-10(13)9-15)16-11-4-2-1-3-5-11/h1-8H,9,15H2. The Morgan fingerprint density at radius 2 is 1.75 bits per heavy atom. The molecule has 0 amide bonds. The van der Waals surface area contributed by atoms with Gasteiger partial charge in [-0.25, -0.2) is 0 Å². The Balaban J connectivity index is 2.20. The van der Waals surface area contributed by atoms with E-state index in [1.165, 1.54) is 0 Å². The number of ether oxygens (including phenoxy) is 1. The molecular formula is C13H12BrNO. The third-order valence-corrected chi connectivity index (χ3v) is 2.96. The number of hydrogen-bond acceptors (Lipinski definition) is 2. The lowest BCUT2D eigenvalue weighted by molar-refractivity contribution is 0.482. The molecule has 3 heteroatoms. The maximum atomic E-state index is 5.69. The van der Waals surface area contributed by atoms with Gasteiger partial charge in [0, 0.05) is 11.0 Å². The van der Waals surface area contributed by atoms with Gasteiger partial charge in [-0.3, -0.25) is 0 Å². The van der Waals surface area contributed by atoms with E-state index in [1.807, 2.05) is 48.5 Å². The van der Waals surface area contributed by atoms with Gasteiger partial charge in [0.25, 0.3) is 0 Å².